The first-order valence-corrected chi connectivity index (χ1v) is 9.86. The van der Waals surface area contributed by atoms with Crippen LogP contribution in [0.2, 0.25) is 0 Å². The van der Waals surface area contributed by atoms with Gasteiger partial charge < -0.3 is 9.47 Å². The number of nitro groups is 2. The summed E-state index contributed by atoms with van der Waals surface area (Å²) in [6.07, 6.45) is 0.163. The zero-order valence-electron chi connectivity index (χ0n) is 14.9. The summed E-state index contributed by atoms with van der Waals surface area (Å²) < 4.78 is 9.72. The minimum Gasteiger partial charge on any atom is -0.465 e. The van der Waals surface area contributed by atoms with E-state index in [2.05, 4.69) is 9.47 Å². The summed E-state index contributed by atoms with van der Waals surface area (Å²) in [5.41, 5.74) is -0.0837. The minimum absolute atomic E-state index is 0.163. The van der Waals surface area contributed by atoms with Gasteiger partial charge in [0, 0.05) is 0 Å². The number of rotatable bonds is 6. The maximum absolute atomic E-state index is 12.0. The molecule has 0 aliphatic rings. The molecule has 0 unspecified atom stereocenters. The smallest absolute Gasteiger partial charge is 0.344 e. The van der Waals surface area contributed by atoms with E-state index in [0.29, 0.717) is 11.1 Å². The minimum atomic E-state index is -0.856. The van der Waals surface area contributed by atoms with Crippen LogP contribution in [0.1, 0.15) is 31.8 Å². The van der Waals surface area contributed by atoms with E-state index >= 15 is 0 Å². The Morgan fingerprint density at radius 2 is 1.17 bits per heavy atom. The third-order valence-corrected chi connectivity index (χ3v) is 5.48. The SMILES string of the molecule is COC(=O)c1cc(Cc2cc(I)c([N+](=O)[O-])c(C(=O)OC)c2)cc(I)c1[N+](=O)[O-]. The number of benzene rings is 2. The molecule has 0 amide bonds. The Morgan fingerprint density at radius 3 is 1.45 bits per heavy atom. The first-order valence-electron chi connectivity index (χ1n) is 7.70. The average Bonchev–Trinajstić information content (AvgIpc) is 2.64. The van der Waals surface area contributed by atoms with E-state index in [4.69, 9.17) is 0 Å². The van der Waals surface area contributed by atoms with E-state index in [1.807, 2.05) is 0 Å². The molecular weight excluding hydrogens is 614 g/mol. The maximum Gasteiger partial charge on any atom is 0.344 e. The molecule has 0 saturated carbocycles. The summed E-state index contributed by atoms with van der Waals surface area (Å²) in [5.74, 6) is -1.71. The van der Waals surface area contributed by atoms with Gasteiger partial charge in [-0.05, 0) is 87.0 Å². The monoisotopic (exact) mass is 626 g/mol. The quantitative estimate of drug-likeness (QED) is 0.204. The third-order valence-electron chi connectivity index (χ3n) is 3.83. The highest BCUT2D eigenvalue weighted by Gasteiger charge is 2.27. The van der Waals surface area contributed by atoms with Crippen molar-refractivity contribution in [3.8, 4) is 0 Å². The van der Waals surface area contributed by atoms with E-state index in [0.717, 1.165) is 14.2 Å². The van der Waals surface area contributed by atoms with Crippen molar-refractivity contribution < 1.29 is 28.9 Å². The van der Waals surface area contributed by atoms with Gasteiger partial charge in [0.2, 0.25) is 0 Å². The predicted octanol–water partition coefficient (Wildman–Crippen LogP) is 3.88. The molecule has 0 spiro atoms. The molecule has 12 heteroatoms. The van der Waals surface area contributed by atoms with E-state index in [9.17, 15) is 29.8 Å². The molecule has 0 aliphatic heterocycles. The average molecular weight is 626 g/mol. The Labute approximate surface area is 191 Å². The van der Waals surface area contributed by atoms with Crippen molar-refractivity contribution in [1.29, 1.82) is 0 Å². The summed E-state index contributed by atoms with van der Waals surface area (Å²) >= 11 is 3.50. The number of esters is 2. The third kappa shape index (κ3) is 4.98. The van der Waals surface area contributed by atoms with Gasteiger partial charge in [0.15, 0.2) is 0 Å². The van der Waals surface area contributed by atoms with Crippen LogP contribution >= 0.6 is 45.2 Å². The summed E-state index contributed by atoms with van der Waals surface area (Å²) in [5, 5.41) is 22.6. The largest absolute Gasteiger partial charge is 0.465 e. The van der Waals surface area contributed by atoms with Crippen LogP contribution in [-0.4, -0.2) is 36.0 Å². The Balaban J connectivity index is 2.59. The van der Waals surface area contributed by atoms with E-state index in [1.165, 1.54) is 24.3 Å². The lowest BCUT2D eigenvalue weighted by Gasteiger charge is -2.10. The molecule has 10 nitrogen and oxygen atoms in total. The molecule has 29 heavy (non-hydrogen) atoms. The van der Waals surface area contributed by atoms with Gasteiger partial charge in [0.1, 0.15) is 11.1 Å². The van der Waals surface area contributed by atoms with Gasteiger partial charge in [-0.3, -0.25) is 20.2 Å². The fourth-order valence-corrected chi connectivity index (χ4v) is 4.43. The second kappa shape index (κ2) is 9.43. The molecule has 0 heterocycles. The van der Waals surface area contributed by atoms with Crippen molar-refractivity contribution in [3.05, 3.63) is 73.9 Å². The van der Waals surface area contributed by atoms with Gasteiger partial charge in [0.05, 0.1) is 31.2 Å². The molecular formula is C17H12I2N2O8. The molecule has 2 aromatic carbocycles. The van der Waals surface area contributed by atoms with Crippen LogP contribution in [-0.2, 0) is 15.9 Å². The maximum atomic E-state index is 12.0. The fraction of sp³-hybridized carbons (Fsp3) is 0.176. The number of hydrogen-bond acceptors (Lipinski definition) is 8. The van der Waals surface area contributed by atoms with Crippen LogP contribution in [0.25, 0.3) is 0 Å². The number of carbonyl (C=O) groups is 2. The first-order chi connectivity index (χ1) is 13.6. The van der Waals surface area contributed by atoms with Gasteiger partial charge in [-0.15, -0.1) is 0 Å². The normalized spacial score (nSPS) is 10.3. The fourth-order valence-electron chi connectivity index (χ4n) is 2.65. The Bertz CT molecular complexity index is 957. The molecule has 0 N–H and O–H groups in total. The highest BCUT2D eigenvalue weighted by atomic mass is 127. The zero-order valence-corrected chi connectivity index (χ0v) is 19.2. The lowest BCUT2D eigenvalue weighted by Crippen LogP contribution is -2.10. The number of nitrogens with zero attached hydrogens (tertiary/aromatic N) is 2. The van der Waals surface area contributed by atoms with Crippen LogP contribution in [0.5, 0.6) is 0 Å². The lowest BCUT2D eigenvalue weighted by molar-refractivity contribution is -0.386. The standard InChI is InChI=1S/C17H12I2N2O8/c1-28-16(22)10-4-8(6-12(18)14(10)20(24)25)3-9-5-11(17(23)29-2)15(21(26)27)13(19)7-9/h4-7H,3H2,1-2H3. The van der Waals surface area contributed by atoms with Gasteiger partial charge in [-0.2, -0.15) is 0 Å². The zero-order chi connectivity index (χ0) is 21.9. The second-order valence-electron chi connectivity index (χ2n) is 5.62. The molecule has 0 radical (unpaired) electrons. The van der Waals surface area contributed by atoms with E-state index in [-0.39, 0.29) is 36.1 Å². The topological polar surface area (TPSA) is 139 Å². The molecule has 0 atom stereocenters. The molecule has 0 saturated heterocycles. The molecule has 152 valence electrons. The summed E-state index contributed by atoms with van der Waals surface area (Å²) in [6, 6.07) is 5.71. The van der Waals surface area contributed by atoms with E-state index in [1.54, 1.807) is 45.2 Å². The summed E-state index contributed by atoms with van der Waals surface area (Å²) in [7, 11) is 2.24. The lowest BCUT2D eigenvalue weighted by atomic mass is 9.99. The summed E-state index contributed by atoms with van der Waals surface area (Å²) in [6.45, 7) is 0. The number of ether oxygens (including phenoxy) is 2. The van der Waals surface area contributed by atoms with Crippen molar-refractivity contribution in [2.24, 2.45) is 0 Å². The first kappa shape index (κ1) is 22.9. The molecule has 0 fully saturated rings. The molecule has 2 aromatic rings. The number of halogens is 2. The van der Waals surface area contributed by atoms with Crippen LogP contribution in [0.4, 0.5) is 11.4 Å². The second-order valence-corrected chi connectivity index (χ2v) is 7.95. The van der Waals surface area contributed by atoms with Gasteiger partial charge in [-0.1, -0.05) is 0 Å². The van der Waals surface area contributed by atoms with Crippen LogP contribution in [0, 0.1) is 27.4 Å². The van der Waals surface area contributed by atoms with Crippen LogP contribution < -0.4 is 0 Å². The van der Waals surface area contributed by atoms with E-state index < -0.39 is 21.8 Å². The Morgan fingerprint density at radius 1 is 0.828 bits per heavy atom. The van der Waals surface area contributed by atoms with Gasteiger partial charge in [-0.25, -0.2) is 9.59 Å². The van der Waals surface area contributed by atoms with Crippen molar-refractivity contribution in [3.63, 3.8) is 0 Å². The number of nitro benzene ring substituents is 2. The van der Waals surface area contributed by atoms with Crippen molar-refractivity contribution in [2.75, 3.05) is 14.2 Å². The Kier molecular flexibility index (Phi) is 7.45. The van der Waals surface area contributed by atoms with Crippen molar-refractivity contribution in [2.45, 2.75) is 6.42 Å². The molecule has 0 bridgehead atoms. The summed E-state index contributed by atoms with van der Waals surface area (Å²) in [4.78, 5) is 45.3. The molecule has 0 aliphatic carbocycles. The number of methoxy groups -OCH3 is 2. The number of hydrogen-bond donors (Lipinski definition) is 0. The number of carbonyl (C=O) groups excluding carboxylic acids is 2. The Hall–Kier alpha value is -2.36. The van der Waals surface area contributed by atoms with Gasteiger partial charge >= 0.3 is 11.9 Å². The molecule has 2 rings (SSSR count). The van der Waals surface area contributed by atoms with Crippen LogP contribution in [0.15, 0.2) is 24.3 Å². The highest BCUT2D eigenvalue weighted by molar-refractivity contribution is 14.1. The van der Waals surface area contributed by atoms with Crippen molar-refractivity contribution >= 4 is 68.5 Å². The predicted molar refractivity (Wildman–Crippen MR) is 117 cm³/mol. The van der Waals surface area contributed by atoms with Gasteiger partial charge in [0.25, 0.3) is 11.4 Å². The van der Waals surface area contributed by atoms with Crippen LogP contribution in [0.3, 0.4) is 0 Å². The van der Waals surface area contributed by atoms with Crippen molar-refractivity contribution in [1.82, 2.24) is 0 Å². The molecule has 0 aromatic heterocycles. The highest BCUT2D eigenvalue weighted by Crippen LogP contribution is 2.31.